The number of carbonyl (C=O) groups is 4. The van der Waals surface area contributed by atoms with Crippen LogP contribution in [-0.4, -0.2) is 35.1 Å². The van der Waals surface area contributed by atoms with Crippen LogP contribution in [0.4, 0.5) is 0 Å². The zero-order valence-corrected chi connectivity index (χ0v) is 15.7. The summed E-state index contributed by atoms with van der Waals surface area (Å²) in [7, 11) is 0. The summed E-state index contributed by atoms with van der Waals surface area (Å²) in [5.41, 5.74) is 0. The maximum Gasteiger partial charge on any atom is 0.253 e. The highest BCUT2D eigenvalue weighted by Gasteiger charge is 2.21. The lowest BCUT2D eigenvalue weighted by atomic mass is 10.1. The minimum atomic E-state index is -0.329. The molecule has 0 unspecified atom stereocenters. The first-order chi connectivity index (χ1) is 12.5. The van der Waals surface area contributed by atoms with E-state index < -0.39 is 0 Å². The highest BCUT2D eigenvalue weighted by atomic mass is 16.2. The summed E-state index contributed by atoms with van der Waals surface area (Å²) < 4.78 is 0. The first-order valence-corrected chi connectivity index (χ1v) is 9.61. The van der Waals surface area contributed by atoms with Crippen LogP contribution in [0.3, 0.4) is 0 Å². The average Bonchev–Trinajstić information content (AvgIpc) is 3.15. The third kappa shape index (κ3) is 9.30. The fraction of sp³-hybridized carbons (Fsp3) is 0.600. The number of nitrogens with one attached hydrogen (secondary N) is 1. The van der Waals surface area contributed by atoms with Gasteiger partial charge in [-0.1, -0.05) is 64.7 Å². The van der Waals surface area contributed by atoms with E-state index in [1.165, 1.54) is 80.6 Å². The maximum absolute atomic E-state index is 11.3. The number of amides is 4. The fourth-order valence-electron chi connectivity index (χ4n) is 2.77. The number of unbranched alkanes of at least 4 members (excludes halogenated alkanes) is 9. The monoisotopic (exact) mass is 362 g/mol. The van der Waals surface area contributed by atoms with Crippen LogP contribution in [0.15, 0.2) is 24.3 Å². The van der Waals surface area contributed by atoms with Crippen molar-refractivity contribution >= 4 is 23.6 Å². The second-order valence-corrected chi connectivity index (χ2v) is 6.53. The SMILES string of the molecule is CCCCCCCCCCCCN1C(=O)C=CC1=O.O=C1C=CC(=O)N1. The predicted octanol–water partition coefficient (Wildman–Crippen LogP) is 3.03. The Morgan fingerprint density at radius 1 is 0.654 bits per heavy atom. The molecule has 2 heterocycles. The largest absolute Gasteiger partial charge is 0.289 e. The van der Waals surface area contributed by atoms with Gasteiger partial charge in [0.05, 0.1) is 0 Å². The van der Waals surface area contributed by atoms with E-state index in [-0.39, 0.29) is 23.6 Å². The van der Waals surface area contributed by atoms with E-state index in [2.05, 4.69) is 6.92 Å². The van der Waals surface area contributed by atoms with Gasteiger partial charge in [0.25, 0.3) is 23.6 Å². The minimum absolute atomic E-state index is 0.152. The summed E-state index contributed by atoms with van der Waals surface area (Å²) in [5.74, 6) is -0.961. The second kappa shape index (κ2) is 13.0. The summed E-state index contributed by atoms with van der Waals surface area (Å²) in [6.07, 6.45) is 17.8. The first kappa shape index (κ1) is 21.8. The van der Waals surface area contributed by atoms with Crippen LogP contribution in [0.25, 0.3) is 0 Å². The van der Waals surface area contributed by atoms with Crippen LogP contribution in [0.5, 0.6) is 0 Å². The number of hydrogen-bond donors (Lipinski definition) is 1. The van der Waals surface area contributed by atoms with E-state index in [9.17, 15) is 19.2 Å². The molecule has 26 heavy (non-hydrogen) atoms. The highest BCUT2D eigenvalue weighted by Crippen LogP contribution is 2.11. The van der Waals surface area contributed by atoms with E-state index in [0.29, 0.717) is 6.54 Å². The molecule has 6 nitrogen and oxygen atoms in total. The molecule has 0 aromatic heterocycles. The molecular formula is C20H30N2O4. The molecule has 0 bridgehead atoms. The highest BCUT2D eigenvalue weighted by molar-refractivity contribution is 6.13. The van der Waals surface area contributed by atoms with Crippen LogP contribution >= 0.6 is 0 Å². The van der Waals surface area contributed by atoms with Crippen molar-refractivity contribution in [3.05, 3.63) is 24.3 Å². The number of hydrogen-bond acceptors (Lipinski definition) is 4. The molecule has 6 heteroatoms. The van der Waals surface area contributed by atoms with Gasteiger partial charge in [-0.15, -0.1) is 0 Å². The Bertz CT molecular complexity index is 518. The van der Waals surface area contributed by atoms with Gasteiger partial charge in [0.1, 0.15) is 0 Å². The van der Waals surface area contributed by atoms with Gasteiger partial charge in [0.15, 0.2) is 0 Å². The number of carbonyl (C=O) groups excluding carboxylic acids is 4. The van der Waals surface area contributed by atoms with E-state index in [1.807, 2.05) is 5.32 Å². The molecular weight excluding hydrogens is 332 g/mol. The molecule has 0 fully saturated rings. The molecule has 144 valence electrons. The maximum atomic E-state index is 11.3. The lowest BCUT2D eigenvalue weighted by Gasteiger charge is -2.12. The average molecular weight is 362 g/mol. The van der Waals surface area contributed by atoms with E-state index in [0.717, 1.165) is 12.8 Å². The molecule has 2 aliphatic heterocycles. The Morgan fingerprint density at radius 2 is 1.08 bits per heavy atom. The summed E-state index contributed by atoms with van der Waals surface area (Å²) in [6, 6.07) is 0. The van der Waals surface area contributed by atoms with Gasteiger partial charge in [-0.25, -0.2) is 0 Å². The van der Waals surface area contributed by atoms with Crippen LogP contribution < -0.4 is 5.32 Å². The summed E-state index contributed by atoms with van der Waals surface area (Å²) >= 11 is 0. The molecule has 2 aliphatic rings. The Balaban J connectivity index is 0.000000401. The third-order valence-corrected chi connectivity index (χ3v) is 4.27. The van der Waals surface area contributed by atoms with Crippen molar-refractivity contribution in [2.45, 2.75) is 71.1 Å². The van der Waals surface area contributed by atoms with E-state index in [4.69, 9.17) is 0 Å². The summed E-state index contributed by atoms with van der Waals surface area (Å²) in [5, 5.41) is 2.03. The quantitative estimate of drug-likeness (QED) is 0.452. The zero-order chi connectivity index (χ0) is 19.2. The molecule has 2 rings (SSSR count). The van der Waals surface area contributed by atoms with Crippen molar-refractivity contribution in [2.24, 2.45) is 0 Å². The minimum Gasteiger partial charge on any atom is -0.289 e. The van der Waals surface area contributed by atoms with Crippen LogP contribution in [0, 0.1) is 0 Å². The van der Waals surface area contributed by atoms with Crippen molar-refractivity contribution in [1.29, 1.82) is 0 Å². The Hall–Kier alpha value is -2.24. The zero-order valence-electron chi connectivity index (χ0n) is 15.7. The van der Waals surface area contributed by atoms with Crippen LogP contribution in [0.2, 0.25) is 0 Å². The Morgan fingerprint density at radius 3 is 1.46 bits per heavy atom. The second-order valence-electron chi connectivity index (χ2n) is 6.53. The van der Waals surface area contributed by atoms with Crippen LogP contribution in [0.1, 0.15) is 71.1 Å². The first-order valence-electron chi connectivity index (χ1n) is 9.61. The van der Waals surface area contributed by atoms with Gasteiger partial charge in [0.2, 0.25) is 0 Å². The normalized spacial score (nSPS) is 15.5. The standard InChI is InChI=1S/C16H27NO2.C4H3NO2/c1-2-3-4-5-6-7-8-9-10-11-14-17-15(18)12-13-16(17)19;6-3-1-2-4(7)5-3/h12-13H,2-11,14H2,1H3;1-2H,(H,5,6,7). The molecule has 0 atom stereocenters. The van der Waals surface area contributed by atoms with Gasteiger partial charge >= 0.3 is 0 Å². The molecule has 1 N–H and O–H groups in total. The topological polar surface area (TPSA) is 83.6 Å². The number of rotatable bonds is 11. The summed E-state index contributed by atoms with van der Waals surface area (Å²) in [6.45, 7) is 2.83. The smallest absolute Gasteiger partial charge is 0.253 e. The van der Waals surface area contributed by atoms with E-state index >= 15 is 0 Å². The van der Waals surface area contributed by atoms with Crippen molar-refractivity contribution < 1.29 is 19.2 Å². The van der Waals surface area contributed by atoms with Gasteiger partial charge in [0, 0.05) is 30.8 Å². The molecule has 0 aliphatic carbocycles. The molecule has 0 aromatic rings. The molecule has 0 saturated carbocycles. The fourth-order valence-corrected chi connectivity index (χ4v) is 2.77. The molecule has 4 amide bonds. The lowest BCUT2D eigenvalue weighted by Crippen LogP contribution is -2.30. The number of imide groups is 2. The van der Waals surface area contributed by atoms with Gasteiger partial charge in [-0.3, -0.25) is 29.4 Å². The number of nitrogens with zero attached hydrogens (tertiary/aromatic N) is 1. The Labute approximate surface area is 155 Å². The predicted molar refractivity (Wildman–Crippen MR) is 100.0 cm³/mol. The third-order valence-electron chi connectivity index (χ3n) is 4.27. The lowest BCUT2D eigenvalue weighted by molar-refractivity contribution is -0.137. The molecule has 0 saturated heterocycles. The van der Waals surface area contributed by atoms with Crippen molar-refractivity contribution in [3.8, 4) is 0 Å². The van der Waals surface area contributed by atoms with Crippen molar-refractivity contribution in [3.63, 3.8) is 0 Å². The molecule has 0 radical (unpaired) electrons. The summed E-state index contributed by atoms with van der Waals surface area (Å²) in [4.78, 5) is 44.0. The molecule has 0 aromatic carbocycles. The van der Waals surface area contributed by atoms with Gasteiger partial charge < -0.3 is 0 Å². The van der Waals surface area contributed by atoms with Crippen LogP contribution in [-0.2, 0) is 19.2 Å². The van der Waals surface area contributed by atoms with Gasteiger partial charge in [-0.2, -0.15) is 0 Å². The Kier molecular flexibility index (Phi) is 10.9. The van der Waals surface area contributed by atoms with Gasteiger partial charge in [-0.05, 0) is 6.42 Å². The molecule has 0 spiro atoms. The van der Waals surface area contributed by atoms with E-state index in [1.54, 1.807) is 0 Å². The van der Waals surface area contributed by atoms with Crippen molar-refractivity contribution in [2.75, 3.05) is 6.54 Å². The van der Waals surface area contributed by atoms with Crippen molar-refractivity contribution in [1.82, 2.24) is 10.2 Å².